The third-order valence-electron chi connectivity index (χ3n) is 4.36. The number of rotatable bonds is 4. The first-order valence-corrected chi connectivity index (χ1v) is 9.72. The fourth-order valence-corrected chi connectivity index (χ4v) is 3.70. The molecule has 0 aliphatic rings. The second kappa shape index (κ2) is 8.15. The van der Waals surface area contributed by atoms with Crippen molar-refractivity contribution in [1.29, 1.82) is 0 Å². The molecule has 0 unspecified atom stereocenters. The van der Waals surface area contributed by atoms with Crippen molar-refractivity contribution >= 4 is 17.6 Å². The SMILES string of the molecule is CN=c1scc(-c2ccc(-c3ccccc3)cc2)n1/N=C\c1ccc(F)cc1. The minimum atomic E-state index is -0.260. The van der Waals surface area contributed by atoms with Gasteiger partial charge in [-0.3, -0.25) is 4.99 Å². The number of hydrogen-bond acceptors (Lipinski definition) is 3. The lowest BCUT2D eigenvalue weighted by molar-refractivity contribution is 0.628. The molecule has 0 bridgehead atoms. The highest BCUT2D eigenvalue weighted by atomic mass is 32.1. The molecule has 0 fully saturated rings. The van der Waals surface area contributed by atoms with E-state index in [0.29, 0.717) is 0 Å². The Morgan fingerprint density at radius 1 is 0.821 bits per heavy atom. The van der Waals surface area contributed by atoms with Gasteiger partial charge >= 0.3 is 0 Å². The first-order valence-electron chi connectivity index (χ1n) is 8.84. The van der Waals surface area contributed by atoms with Crippen molar-refractivity contribution in [1.82, 2.24) is 4.68 Å². The topological polar surface area (TPSA) is 29.6 Å². The van der Waals surface area contributed by atoms with Crippen LogP contribution in [0.1, 0.15) is 5.56 Å². The number of hydrogen-bond donors (Lipinski definition) is 0. The Morgan fingerprint density at radius 3 is 2.14 bits per heavy atom. The molecule has 1 heterocycles. The van der Waals surface area contributed by atoms with Crippen LogP contribution >= 0.6 is 11.3 Å². The first kappa shape index (κ1) is 18.1. The summed E-state index contributed by atoms with van der Waals surface area (Å²) in [5, 5.41) is 6.62. The molecule has 3 nitrogen and oxygen atoms in total. The summed E-state index contributed by atoms with van der Waals surface area (Å²) in [7, 11) is 1.75. The summed E-state index contributed by atoms with van der Waals surface area (Å²) in [4.78, 5) is 5.11. The predicted molar refractivity (Wildman–Crippen MR) is 114 cm³/mol. The molecule has 0 saturated carbocycles. The van der Waals surface area contributed by atoms with Gasteiger partial charge in [0.2, 0.25) is 4.80 Å². The van der Waals surface area contributed by atoms with Crippen LogP contribution in [0.4, 0.5) is 4.39 Å². The molecule has 4 rings (SSSR count). The molecule has 3 aromatic carbocycles. The molecule has 0 saturated heterocycles. The number of aromatic nitrogens is 1. The summed E-state index contributed by atoms with van der Waals surface area (Å²) < 4.78 is 14.9. The van der Waals surface area contributed by atoms with Crippen LogP contribution in [0.2, 0.25) is 0 Å². The largest absolute Gasteiger partial charge is 0.261 e. The summed E-state index contributed by atoms with van der Waals surface area (Å²) >= 11 is 1.53. The standard InChI is InChI=1S/C23H18FN3S/c1-25-23-27(26-15-17-7-13-21(24)14-8-17)22(16-28-23)20-11-9-19(10-12-20)18-5-3-2-4-6-18/h2-16H,1H3/b25-23?,26-15-. The van der Waals surface area contributed by atoms with Gasteiger partial charge < -0.3 is 0 Å². The zero-order valence-corrected chi connectivity index (χ0v) is 16.1. The van der Waals surface area contributed by atoms with Gasteiger partial charge in [0.05, 0.1) is 11.9 Å². The van der Waals surface area contributed by atoms with Gasteiger partial charge in [-0.2, -0.15) is 5.10 Å². The maximum Gasteiger partial charge on any atom is 0.205 e. The lowest BCUT2D eigenvalue weighted by Gasteiger charge is -2.06. The van der Waals surface area contributed by atoms with E-state index in [9.17, 15) is 4.39 Å². The van der Waals surface area contributed by atoms with E-state index in [2.05, 4.69) is 46.5 Å². The molecule has 5 heteroatoms. The molecule has 0 radical (unpaired) electrons. The van der Waals surface area contributed by atoms with Crippen molar-refractivity contribution < 1.29 is 4.39 Å². The van der Waals surface area contributed by atoms with Crippen LogP contribution in [-0.4, -0.2) is 17.9 Å². The molecule has 0 spiro atoms. The second-order valence-corrected chi connectivity index (χ2v) is 7.01. The van der Waals surface area contributed by atoms with Gasteiger partial charge in [-0.1, -0.05) is 66.7 Å². The molecule has 0 atom stereocenters. The van der Waals surface area contributed by atoms with Gasteiger partial charge in [0.15, 0.2) is 0 Å². The summed E-state index contributed by atoms with van der Waals surface area (Å²) in [6.07, 6.45) is 1.71. The van der Waals surface area contributed by atoms with Gasteiger partial charge in [0.25, 0.3) is 0 Å². The third kappa shape index (κ3) is 3.85. The van der Waals surface area contributed by atoms with Crippen molar-refractivity contribution in [3.63, 3.8) is 0 Å². The zero-order valence-electron chi connectivity index (χ0n) is 15.3. The number of thiazole rings is 1. The molecule has 0 aliphatic heterocycles. The Labute approximate surface area is 166 Å². The van der Waals surface area contributed by atoms with E-state index < -0.39 is 0 Å². The fraction of sp³-hybridized carbons (Fsp3) is 0.0435. The summed E-state index contributed by atoms with van der Waals surface area (Å²) in [5.41, 5.74) is 5.20. The molecule has 4 aromatic rings. The van der Waals surface area contributed by atoms with E-state index in [-0.39, 0.29) is 5.82 Å². The average Bonchev–Trinajstić information content (AvgIpc) is 3.17. The monoisotopic (exact) mass is 387 g/mol. The lowest BCUT2D eigenvalue weighted by atomic mass is 10.0. The summed E-state index contributed by atoms with van der Waals surface area (Å²) in [6, 6.07) is 24.9. The van der Waals surface area contributed by atoms with E-state index in [1.807, 2.05) is 28.3 Å². The molecule has 28 heavy (non-hydrogen) atoms. The van der Waals surface area contributed by atoms with Crippen molar-refractivity contribution in [2.45, 2.75) is 0 Å². The third-order valence-corrected chi connectivity index (χ3v) is 5.26. The maximum absolute atomic E-state index is 13.1. The molecule has 1 aromatic heterocycles. The maximum atomic E-state index is 13.1. The van der Waals surface area contributed by atoms with E-state index in [4.69, 9.17) is 0 Å². The van der Waals surface area contributed by atoms with Crippen LogP contribution in [-0.2, 0) is 0 Å². The highest BCUT2D eigenvalue weighted by molar-refractivity contribution is 7.07. The molecular formula is C23H18FN3S. The minimum Gasteiger partial charge on any atom is -0.261 e. The molecule has 0 N–H and O–H groups in total. The summed E-state index contributed by atoms with van der Waals surface area (Å²) in [5.74, 6) is -0.260. The predicted octanol–water partition coefficient (Wildman–Crippen LogP) is 5.44. The Hall–Kier alpha value is -3.31. The highest BCUT2D eigenvalue weighted by Gasteiger charge is 2.07. The van der Waals surface area contributed by atoms with Gasteiger partial charge in [-0.15, -0.1) is 11.3 Å². The van der Waals surface area contributed by atoms with Crippen LogP contribution in [0.5, 0.6) is 0 Å². The zero-order chi connectivity index (χ0) is 19.3. The lowest BCUT2D eigenvalue weighted by Crippen LogP contribution is -2.11. The van der Waals surface area contributed by atoms with Crippen LogP contribution < -0.4 is 4.80 Å². The van der Waals surface area contributed by atoms with E-state index in [1.165, 1.54) is 34.6 Å². The number of benzene rings is 3. The Morgan fingerprint density at radius 2 is 1.46 bits per heavy atom. The molecular weight excluding hydrogens is 369 g/mol. The first-order chi connectivity index (χ1) is 13.7. The Kier molecular flexibility index (Phi) is 5.26. The minimum absolute atomic E-state index is 0.260. The van der Waals surface area contributed by atoms with Gasteiger partial charge in [-0.25, -0.2) is 9.07 Å². The van der Waals surface area contributed by atoms with Gasteiger partial charge in [-0.05, 0) is 28.8 Å². The smallest absolute Gasteiger partial charge is 0.205 e. The van der Waals surface area contributed by atoms with E-state index in [0.717, 1.165) is 21.6 Å². The quantitative estimate of drug-likeness (QED) is 0.418. The number of nitrogens with zero attached hydrogens (tertiary/aromatic N) is 3. The van der Waals surface area contributed by atoms with E-state index >= 15 is 0 Å². The van der Waals surface area contributed by atoms with Gasteiger partial charge in [0, 0.05) is 18.0 Å². The normalized spacial score (nSPS) is 12.0. The van der Waals surface area contributed by atoms with Crippen molar-refractivity contribution in [3.8, 4) is 22.4 Å². The van der Waals surface area contributed by atoms with Crippen LogP contribution in [0, 0.1) is 5.82 Å². The van der Waals surface area contributed by atoms with E-state index in [1.54, 1.807) is 25.4 Å². The van der Waals surface area contributed by atoms with Crippen molar-refractivity contribution in [2.24, 2.45) is 10.1 Å². The molecule has 0 amide bonds. The average molecular weight is 387 g/mol. The Bertz CT molecular complexity index is 1160. The fourth-order valence-electron chi connectivity index (χ4n) is 2.90. The van der Waals surface area contributed by atoms with Gasteiger partial charge in [0.1, 0.15) is 5.82 Å². The van der Waals surface area contributed by atoms with Crippen molar-refractivity contribution in [2.75, 3.05) is 7.05 Å². The molecule has 0 aliphatic carbocycles. The summed E-state index contributed by atoms with van der Waals surface area (Å²) in [6.45, 7) is 0. The van der Waals surface area contributed by atoms with Crippen LogP contribution in [0.25, 0.3) is 22.4 Å². The Balaban J connectivity index is 1.69. The second-order valence-electron chi connectivity index (χ2n) is 6.18. The van der Waals surface area contributed by atoms with Crippen LogP contribution in [0.3, 0.4) is 0 Å². The highest BCUT2D eigenvalue weighted by Crippen LogP contribution is 2.25. The molecule has 138 valence electrons. The number of halogens is 1. The van der Waals surface area contributed by atoms with Crippen molar-refractivity contribution in [3.05, 3.63) is 100 Å². The van der Waals surface area contributed by atoms with Crippen LogP contribution in [0.15, 0.2) is 94.3 Å².